The number of carboxylic acid groups (broad SMARTS) is 1. The third kappa shape index (κ3) is 2.74. The second-order valence-electron chi connectivity index (χ2n) is 2.37. The summed E-state index contributed by atoms with van der Waals surface area (Å²) >= 11 is 0. The number of methoxy groups -OCH3 is 2. The first-order valence-electron chi connectivity index (χ1n) is 3.64. The molecule has 80 valence electrons. The van der Waals surface area contributed by atoms with Crippen molar-refractivity contribution in [1.82, 2.24) is 0 Å². The fourth-order valence-electron chi connectivity index (χ4n) is 0.969. The molecule has 4 nitrogen and oxygen atoms in total. The van der Waals surface area contributed by atoms with Gasteiger partial charge in [-0.1, -0.05) is 0 Å². The van der Waals surface area contributed by atoms with Gasteiger partial charge in [-0.3, -0.25) is 0 Å². The number of hydrogen-bond donors (Lipinski definition) is 1. The molecule has 0 saturated carbocycles. The van der Waals surface area contributed by atoms with Crippen molar-refractivity contribution in [3.63, 3.8) is 0 Å². The zero-order valence-electron chi connectivity index (χ0n) is 7.72. The molecule has 0 fully saturated rings. The summed E-state index contributed by atoms with van der Waals surface area (Å²) in [5.74, 6) is -0.0455. The van der Waals surface area contributed by atoms with E-state index in [-0.39, 0.29) is 26.6 Å². The summed E-state index contributed by atoms with van der Waals surface area (Å²) in [6.07, 6.45) is 0. The van der Waals surface area contributed by atoms with Gasteiger partial charge in [-0.15, -0.1) is 0 Å². The monoisotopic (exact) mass is 377 g/mol. The Kier molecular flexibility index (Phi) is 5.24. The number of carbonyl (C=O) groups is 1. The molecule has 0 saturated heterocycles. The molecule has 0 spiro atoms. The summed E-state index contributed by atoms with van der Waals surface area (Å²) in [6.45, 7) is 0. The number of aromatic carboxylic acids is 1. The largest absolute Gasteiger partial charge is 0.493 e. The van der Waals surface area contributed by atoms with Gasteiger partial charge in [0.1, 0.15) is 0 Å². The average molecular weight is 377 g/mol. The summed E-state index contributed by atoms with van der Waals surface area (Å²) in [4.78, 5) is 10.6. The minimum absolute atomic E-state index is 0. The fraction of sp³-hybridized carbons (Fsp3) is 0.222. The molecule has 14 heavy (non-hydrogen) atoms. The predicted octanol–water partition coefficient (Wildman–Crippen LogP) is 1.40. The molecule has 0 atom stereocenters. The van der Waals surface area contributed by atoms with Crippen molar-refractivity contribution in [1.29, 1.82) is 0 Å². The molecular weight excluding hydrogens is 367 g/mol. The second-order valence-corrected chi connectivity index (χ2v) is 2.37. The molecule has 1 N–H and O–H groups in total. The van der Waals surface area contributed by atoms with Crippen LogP contribution in [-0.2, 0) is 21.1 Å². The first-order chi connectivity index (χ1) is 6.19. The van der Waals surface area contributed by atoms with Gasteiger partial charge >= 0.3 is 5.97 Å². The van der Waals surface area contributed by atoms with E-state index in [0.717, 1.165) is 0 Å². The summed E-state index contributed by atoms with van der Waals surface area (Å²) in [7, 11) is 2.96. The second kappa shape index (κ2) is 5.65. The molecule has 0 amide bonds. The Morgan fingerprint density at radius 3 is 2.21 bits per heavy atom. The third-order valence-electron chi connectivity index (χ3n) is 1.63. The Bertz CT molecular complexity index is 325. The van der Waals surface area contributed by atoms with Crippen LogP contribution in [0.3, 0.4) is 0 Å². The maximum atomic E-state index is 10.6. The Hall–Kier alpha value is -1.02. The van der Waals surface area contributed by atoms with Gasteiger partial charge in [0.15, 0.2) is 11.5 Å². The number of benzene rings is 1. The topological polar surface area (TPSA) is 55.8 Å². The smallest absolute Gasteiger partial charge is 0.335 e. The maximum absolute atomic E-state index is 10.6. The summed E-state index contributed by atoms with van der Waals surface area (Å²) in [5.41, 5.74) is 0.178. The molecule has 1 aromatic carbocycles. The zero-order valence-corrected chi connectivity index (χ0v) is 9.99. The van der Waals surface area contributed by atoms with Crippen LogP contribution in [0.25, 0.3) is 0 Å². The van der Waals surface area contributed by atoms with Crippen molar-refractivity contribution in [2.24, 2.45) is 0 Å². The molecule has 0 aliphatic rings. The van der Waals surface area contributed by atoms with Crippen molar-refractivity contribution >= 4 is 5.97 Å². The standard InChI is InChI=1S/C9H10O4.Pt/c1-12-7-4-3-6(9(10)11)5-8(7)13-2;/h3-5H,1-2H3,(H,10,11);. The number of ether oxygens (including phenoxy) is 2. The van der Waals surface area contributed by atoms with E-state index in [1.807, 2.05) is 0 Å². The van der Waals surface area contributed by atoms with Crippen molar-refractivity contribution < 1.29 is 40.4 Å². The molecule has 0 aromatic heterocycles. The van der Waals surface area contributed by atoms with E-state index in [1.54, 1.807) is 6.07 Å². The van der Waals surface area contributed by atoms with E-state index in [2.05, 4.69) is 0 Å². The van der Waals surface area contributed by atoms with Gasteiger partial charge < -0.3 is 14.6 Å². The average Bonchev–Trinajstić information content (AvgIpc) is 2.16. The van der Waals surface area contributed by atoms with Gasteiger partial charge in [0, 0.05) is 21.1 Å². The molecule has 0 heterocycles. The van der Waals surface area contributed by atoms with Crippen molar-refractivity contribution in [2.45, 2.75) is 0 Å². The molecule has 0 aliphatic carbocycles. The van der Waals surface area contributed by atoms with E-state index in [4.69, 9.17) is 14.6 Å². The van der Waals surface area contributed by atoms with Crippen molar-refractivity contribution in [2.75, 3.05) is 14.2 Å². The minimum Gasteiger partial charge on any atom is -0.493 e. The number of hydrogen-bond acceptors (Lipinski definition) is 3. The maximum Gasteiger partial charge on any atom is 0.335 e. The van der Waals surface area contributed by atoms with E-state index in [9.17, 15) is 4.79 Å². The molecule has 0 bridgehead atoms. The normalized spacial score (nSPS) is 8.71. The molecule has 1 aromatic rings. The van der Waals surface area contributed by atoms with Crippen LogP contribution in [0.4, 0.5) is 0 Å². The van der Waals surface area contributed by atoms with Crippen LogP contribution < -0.4 is 9.47 Å². The van der Waals surface area contributed by atoms with Gasteiger partial charge in [-0.05, 0) is 18.2 Å². The van der Waals surface area contributed by atoms with Crippen LogP contribution in [0.1, 0.15) is 10.4 Å². The SMILES string of the molecule is COc1ccc(C(=O)O)cc1OC.[Pt]. The molecule has 0 unspecified atom stereocenters. The molecule has 0 radical (unpaired) electrons. The Morgan fingerprint density at radius 1 is 1.21 bits per heavy atom. The third-order valence-corrected chi connectivity index (χ3v) is 1.63. The van der Waals surface area contributed by atoms with Gasteiger partial charge in [-0.2, -0.15) is 0 Å². The number of rotatable bonds is 3. The van der Waals surface area contributed by atoms with E-state index in [1.165, 1.54) is 26.4 Å². The van der Waals surface area contributed by atoms with Crippen LogP contribution in [0.15, 0.2) is 18.2 Å². The summed E-state index contributed by atoms with van der Waals surface area (Å²) < 4.78 is 9.89. The Morgan fingerprint density at radius 2 is 1.79 bits per heavy atom. The van der Waals surface area contributed by atoms with Gasteiger partial charge in [0.2, 0.25) is 0 Å². The van der Waals surface area contributed by atoms with E-state index in [0.29, 0.717) is 11.5 Å². The van der Waals surface area contributed by atoms with Crippen molar-refractivity contribution in [3.8, 4) is 11.5 Å². The van der Waals surface area contributed by atoms with Crippen molar-refractivity contribution in [3.05, 3.63) is 23.8 Å². The Balaban J connectivity index is 0.00000169. The van der Waals surface area contributed by atoms with Crippen LogP contribution >= 0.6 is 0 Å². The summed E-state index contributed by atoms with van der Waals surface area (Å²) in [6, 6.07) is 4.44. The van der Waals surface area contributed by atoms with E-state index >= 15 is 0 Å². The molecular formula is C9H10O4Pt. The van der Waals surface area contributed by atoms with Crippen LogP contribution in [0.5, 0.6) is 11.5 Å². The zero-order chi connectivity index (χ0) is 9.84. The van der Waals surface area contributed by atoms with Crippen LogP contribution in [0.2, 0.25) is 0 Å². The molecule has 0 aliphatic heterocycles. The quantitative estimate of drug-likeness (QED) is 0.866. The molecule has 1 rings (SSSR count). The van der Waals surface area contributed by atoms with Gasteiger partial charge in [0.25, 0.3) is 0 Å². The number of carboxylic acids is 1. The first kappa shape index (κ1) is 13.0. The van der Waals surface area contributed by atoms with Crippen LogP contribution in [0, 0.1) is 0 Å². The predicted molar refractivity (Wildman–Crippen MR) is 46.5 cm³/mol. The summed E-state index contributed by atoms with van der Waals surface area (Å²) in [5, 5.41) is 8.67. The fourth-order valence-corrected chi connectivity index (χ4v) is 0.969. The molecule has 5 heteroatoms. The Labute approximate surface area is 96.1 Å². The van der Waals surface area contributed by atoms with Gasteiger partial charge in [-0.25, -0.2) is 4.79 Å². The van der Waals surface area contributed by atoms with E-state index < -0.39 is 5.97 Å². The minimum atomic E-state index is -0.985. The van der Waals surface area contributed by atoms with Gasteiger partial charge in [0.05, 0.1) is 19.8 Å². The first-order valence-corrected chi connectivity index (χ1v) is 3.64. The van der Waals surface area contributed by atoms with Crippen LogP contribution in [-0.4, -0.2) is 25.3 Å².